The maximum atomic E-state index is 15.2. The molecule has 0 heterocycles. The molecule has 4 aromatic carbocycles. The minimum atomic E-state index is -0.393. The molecule has 0 aliphatic rings. The Balaban J connectivity index is 1.66. The summed E-state index contributed by atoms with van der Waals surface area (Å²) in [5.74, 6) is -0.0209. The van der Waals surface area contributed by atoms with E-state index in [2.05, 4.69) is 13.5 Å². The molecule has 0 amide bonds. The Kier molecular flexibility index (Phi) is 6.13. The van der Waals surface area contributed by atoms with E-state index in [9.17, 15) is 4.39 Å². The topological polar surface area (TPSA) is 9.23 Å². The van der Waals surface area contributed by atoms with Crippen LogP contribution in [0.5, 0.6) is 5.75 Å². The summed E-state index contributed by atoms with van der Waals surface area (Å²) in [7, 11) is 0. The first-order chi connectivity index (χ1) is 15.1. The van der Waals surface area contributed by atoms with E-state index in [-0.39, 0.29) is 5.82 Å². The fourth-order valence-electron chi connectivity index (χ4n) is 3.81. The zero-order valence-corrected chi connectivity index (χ0v) is 17.5. The highest BCUT2D eigenvalue weighted by molar-refractivity contribution is 5.89. The smallest absolute Gasteiger partial charge is 0.138 e. The van der Waals surface area contributed by atoms with Crippen LogP contribution in [0, 0.1) is 11.6 Å². The second kappa shape index (κ2) is 9.13. The Morgan fingerprint density at radius 2 is 1.58 bits per heavy atom. The van der Waals surface area contributed by atoms with Crippen molar-refractivity contribution < 1.29 is 13.5 Å². The van der Waals surface area contributed by atoms with Crippen LogP contribution in [-0.2, 0) is 6.42 Å². The predicted molar refractivity (Wildman–Crippen MR) is 124 cm³/mol. The van der Waals surface area contributed by atoms with Gasteiger partial charge in [0.2, 0.25) is 0 Å². The first-order valence-corrected chi connectivity index (χ1v) is 10.5. The largest absolute Gasteiger partial charge is 0.490 e. The monoisotopic (exact) mass is 414 g/mol. The summed E-state index contributed by atoms with van der Waals surface area (Å²) in [4.78, 5) is 0. The lowest BCUT2D eigenvalue weighted by Gasteiger charge is -2.11. The van der Waals surface area contributed by atoms with Gasteiger partial charge in [0.15, 0.2) is 0 Å². The molecule has 0 N–H and O–H groups in total. The van der Waals surface area contributed by atoms with Gasteiger partial charge in [-0.2, -0.15) is 0 Å². The molecule has 0 saturated carbocycles. The van der Waals surface area contributed by atoms with Crippen molar-refractivity contribution in [1.29, 1.82) is 0 Å². The fraction of sp³-hybridized carbons (Fsp3) is 0.143. The predicted octanol–water partition coefficient (Wildman–Crippen LogP) is 7.97. The number of hydrogen-bond acceptors (Lipinski definition) is 1. The fourth-order valence-corrected chi connectivity index (χ4v) is 3.81. The van der Waals surface area contributed by atoms with Crippen molar-refractivity contribution in [3.8, 4) is 28.0 Å². The van der Waals surface area contributed by atoms with Crippen LogP contribution in [0.15, 0.2) is 85.5 Å². The molecule has 4 rings (SSSR count). The van der Waals surface area contributed by atoms with E-state index in [1.807, 2.05) is 24.3 Å². The first kappa shape index (κ1) is 20.8. The van der Waals surface area contributed by atoms with Crippen LogP contribution in [0.25, 0.3) is 33.0 Å². The molecule has 0 saturated heterocycles. The van der Waals surface area contributed by atoms with E-state index in [4.69, 9.17) is 4.74 Å². The minimum absolute atomic E-state index is 0.323. The van der Waals surface area contributed by atoms with Gasteiger partial charge in [0.1, 0.15) is 24.0 Å². The lowest BCUT2D eigenvalue weighted by molar-refractivity contribution is 0.363. The van der Waals surface area contributed by atoms with Crippen molar-refractivity contribution in [2.45, 2.75) is 19.8 Å². The first-order valence-electron chi connectivity index (χ1n) is 10.5. The number of aryl methyl sites for hydroxylation is 1. The third-order valence-electron chi connectivity index (χ3n) is 5.37. The van der Waals surface area contributed by atoms with Crippen molar-refractivity contribution in [3.63, 3.8) is 0 Å². The normalized spacial score (nSPS) is 10.9. The number of benzene rings is 4. The van der Waals surface area contributed by atoms with Crippen molar-refractivity contribution in [2.75, 3.05) is 6.61 Å². The van der Waals surface area contributed by atoms with Gasteiger partial charge in [0.05, 0.1) is 0 Å². The number of ether oxygens (including phenoxy) is 1. The van der Waals surface area contributed by atoms with Gasteiger partial charge in [-0.1, -0.05) is 80.6 Å². The standard InChI is InChI=1S/C28H24F2O/c1-3-5-19-6-13-25-21(17-19)10-15-26(28(25)30)22-9-14-24(27(29)18-22)20-7-11-23(12-8-20)31-16-4-2/h4,6-15,17-18H,2-3,5,16H2,1H3. The van der Waals surface area contributed by atoms with Gasteiger partial charge in [-0.15, -0.1) is 0 Å². The lowest BCUT2D eigenvalue weighted by atomic mass is 9.96. The number of hydrogen-bond donors (Lipinski definition) is 0. The summed E-state index contributed by atoms with van der Waals surface area (Å²) in [6.45, 7) is 6.16. The molecule has 31 heavy (non-hydrogen) atoms. The molecule has 3 heteroatoms. The van der Waals surface area contributed by atoms with E-state index >= 15 is 4.39 Å². The summed E-state index contributed by atoms with van der Waals surface area (Å²) in [6, 6.07) is 21.5. The van der Waals surface area contributed by atoms with Crippen LogP contribution >= 0.6 is 0 Å². The summed E-state index contributed by atoms with van der Waals surface area (Å²) in [6.07, 6.45) is 3.68. The van der Waals surface area contributed by atoms with Crippen molar-refractivity contribution >= 4 is 10.8 Å². The Morgan fingerprint density at radius 1 is 0.839 bits per heavy atom. The zero-order valence-electron chi connectivity index (χ0n) is 17.5. The van der Waals surface area contributed by atoms with Gasteiger partial charge >= 0.3 is 0 Å². The number of rotatable bonds is 7. The van der Waals surface area contributed by atoms with Crippen LogP contribution in [0.3, 0.4) is 0 Å². The molecule has 0 spiro atoms. The molecule has 0 atom stereocenters. The molecule has 0 aliphatic heterocycles. The molecular weight excluding hydrogens is 390 g/mol. The van der Waals surface area contributed by atoms with Crippen molar-refractivity contribution in [2.24, 2.45) is 0 Å². The van der Waals surface area contributed by atoms with Gasteiger partial charge in [-0.3, -0.25) is 0 Å². The van der Waals surface area contributed by atoms with Crippen LogP contribution in [0.2, 0.25) is 0 Å². The molecule has 0 radical (unpaired) electrons. The van der Waals surface area contributed by atoms with Gasteiger partial charge in [0, 0.05) is 16.5 Å². The van der Waals surface area contributed by atoms with Crippen LogP contribution in [0.1, 0.15) is 18.9 Å². The third-order valence-corrected chi connectivity index (χ3v) is 5.37. The number of fused-ring (bicyclic) bond motifs is 1. The minimum Gasteiger partial charge on any atom is -0.490 e. The van der Waals surface area contributed by atoms with E-state index in [0.717, 1.165) is 23.8 Å². The van der Waals surface area contributed by atoms with Crippen LogP contribution < -0.4 is 4.74 Å². The van der Waals surface area contributed by atoms with Crippen molar-refractivity contribution in [3.05, 3.63) is 103 Å². The van der Waals surface area contributed by atoms with Gasteiger partial charge in [-0.05, 0) is 46.7 Å². The van der Waals surface area contributed by atoms with Crippen molar-refractivity contribution in [1.82, 2.24) is 0 Å². The molecule has 1 nitrogen and oxygen atoms in total. The second-order valence-corrected chi connectivity index (χ2v) is 7.55. The average molecular weight is 414 g/mol. The zero-order chi connectivity index (χ0) is 21.8. The van der Waals surface area contributed by atoms with E-state index in [1.165, 1.54) is 11.6 Å². The van der Waals surface area contributed by atoms with E-state index in [0.29, 0.717) is 34.4 Å². The summed E-state index contributed by atoms with van der Waals surface area (Å²) >= 11 is 0. The second-order valence-electron chi connectivity index (χ2n) is 7.55. The maximum absolute atomic E-state index is 15.2. The summed E-state index contributed by atoms with van der Waals surface area (Å²) < 4.78 is 35.6. The summed E-state index contributed by atoms with van der Waals surface area (Å²) in [5, 5.41) is 1.42. The van der Waals surface area contributed by atoms with E-state index in [1.54, 1.807) is 48.5 Å². The van der Waals surface area contributed by atoms with Gasteiger partial charge < -0.3 is 4.74 Å². The molecule has 0 aromatic heterocycles. The quantitative estimate of drug-likeness (QED) is 0.279. The molecule has 0 bridgehead atoms. The number of halogens is 2. The SMILES string of the molecule is C=CCOc1ccc(-c2ccc(-c3ccc4cc(CCC)ccc4c3F)cc2F)cc1. The van der Waals surface area contributed by atoms with E-state index < -0.39 is 5.82 Å². The Morgan fingerprint density at radius 3 is 2.29 bits per heavy atom. The molecule has 0 fully saturated rings. The summed E-state index contributed by atoms with van der Waals surface area (Å²) in [5.41, 5.74) is 3.30. The molecule has 0 aliphatic carbocycles. The Labute approximate surface area is 181 Å². The maximum Gasteiger partial charge on any atom is 0.138 e. The highest BCUT2D eigenvalue weighted by Crippen LogP contribution is 2.33. The third kappa shape index (κ3) is 4.36. The van der Waals surface area contributed by atoms with Crippen LogP contribution in [0.4, 0.5) is 8.78 Å². The van der Waals surface area contributed by atoms with Crippen LogP contribution in [-0.4, -0.2) is 6.61 Å². The average Bonchev–Trinajstić information content (AvgIpc) is 2.78. The molecule has 0 unspecified atom stereocenters. The van der Waals surface area contributed by atoms with Gasteiger partial charge in [-0.25, -0.2) is 8.78 Å². The highest BCUT2D eigenvalue weighted by Gasteiger charge is 2.13. The Hall–Kier alpha value is -3.46. The molecular formula is C28H24F2O. The Bertz CT molecular complexity index is 1230. The highest BCUT2D eigenvalue weighted by atomic mass is 19.1. The molecule has 4 aromatic rings. The van der Waals surface area contributed by atoms with Gasteiger partial charge in [0.25, 0.3) is 0 Å². The molecule has 156 valence electrons. The lowest BCUT2D eigenvalue weighted by Crippen LogP contribution is -1.93.